The molecule has 15 atom stereocenters. The number of carbonyl (C=O) groups excluding carboxylic acids is 1. The first kappa shape index (κ1) is 37.2. The van der Waals surface area contributed by atoms with E-state index in [4.69, 9.17) is 32.8 Å². The van der Waals surface area contributed by atoms with Crippen LogP contribution in [0.5, 0.6) is 0 Å². The van der Waals surface area contributed by atoms with Crippen LogP contribution in [0.3, 0.4) is 0 Å². The van der Waals surface area contributed by atoms with Crippen LogP contribution in [0.2, 0.25) is 0 Å². The van der Waals surface area contributed by atoms with Gasteiger partial charge in [0.1, 0.15) is 67.1 Å². The largest absolute Gasteiger partial charge is 0.397 e. The van der Waals surface area contributed by atoms with E-state index in [-0.39, 0.29) is 0 Å². The Morgan fingerprint density at radius 3 is 1.66 bits per heavy atom. The van der Waals surface area contributed by atoms with E-state index in [1.54, 1.807) is 0 Å². The predicted octanol–water partition coefficient (Wildman–Crippen LogP) is -6.75. The Kier molecular flexibility index (Phi) is 12.4. The predicted molar refractivity (Wildman–Crippen MR) is 132 cm³/mol. The first-order valence-corrected chi connectivity index (χ1v) is 15.5. The normalized spacial score (nSPS) is 43.8. The van der Waals surface area contributed by atoms with Gasteiger partial charge in [-0.15, -0.1) is 0 Å². The summed E-state index contributed by atoms with van der Waals surface area (Å²) in [5.74, 6) is -0.798. The van der Waals surface area contributed by atoms with E-state index in [9.17, 15) is 57.4 Å². The van der Waals surface area contributed by atoms with Gasteiger partial charge in [0.2, 0.25) is 5.91 Å². The number of carbonyl (C=O) groups is 1. The number of rotatable bonds is 11. The number of nitrogens with one attached hydrogen (secondary N) is 1. The van der Waals surface area contributed by atoms with E-state index in [0.717, 1.165) is 6.92 Å². The molecule has 1 amide bonds. The first-order chi connectivity index (χ1) is 20.3. The Balaban J connectivity index is 2.00. The second-order valence-electron chi connectivity index (χ2n) is 10.0. The maximum absolute atomic E-state index is 12.0. The zero-order valence-electron chi connectivity index (χ0n) is 22.8. The molecule has 0 aromatic heterocycles. The molecule has 24 heteroatoms. The molecule has 3 heterocycles. The summed E-state index contributed by atoms with van der Waals surface area (Å²) in [6, 6.07) is -1.66. The van der Waals surface area contributed by atoms with Crippen molar-refractivity contribution in [1.29, 1.82) is 0 Å². The van der Waals surface area contributed by atoms with E-state index < -0.39 is 132 Å². The summed E-state index contributed by atoms with van der Waals surface area (Å²) < 4.78 is 99.7. The molecular weight excluding hydrogens is 654 g/mol. The lowest BCUT2D eigenvalue weighted by Crippen LogP contribution is -2.69. The number of hydrogen-bond acceptors (Lipinski definition) is 19. The van der Waals surface area contributed by atoms with Crippen LogP contribution >= 0.6 is 0 Å². The molecule has 3 rings (SSSR count). The van der Waals surface area contributed by atoms with Crippen LogP contribution in [0, 0.1) is 0 Å². The Morgan fingerprint density at radius 2 is 1.18 bits per heavy atom. The number of aliphatic hydroxyl groups excluding tert-OH is 7. The van der Waals surface area contributed by atoms with Crippen molar-refractivity contribution >= 4 is 26.7 Å². The minimum atomic E-state index is -5.31. The molecule has 0 spiro atoms. The van der Waals surface area contributed by atoms with Crippen LogP contribution in [0.4, 0.5) is 0 Å². The maximum Gasteiger partial charge on any atom is 0.397 e. The molecule has 22 nitrogen and oxygen atoms in total. The van der Waals surface area contributed by atoms with Crippen LogP contribution < -0.4 is 5.32 Å². The van der Waals surface area contributed by atoms with Crippen molar-refractivity contribution in [1.82, 2.24) is 5.32 Å². The summed E-state index contributed by atoms with van der Waals surface area (Å²) >= 11 is 0. The first-order valence-electron chi connectivity index (χ1n) is 12.8. The molecule has 44 heavy (non-hydrogen) atoms. The molecule has 3 aliphatic heterocycles. The summed E-state index contributed by atoms with van der Waals surface area (Å²) in [6.45, 7) is 0.223. The summed E-state index contributed by atoms with van der Waals surface area (Å²) in [5, 5.41) is 74.6. The van der Waals surface area contributed by atoms with E-state index in [0.29, 0.717) is 0 Å². The minimum absolute atomic E-state index is 0.798. The van der Waals surface area contributed by atoms with E-state index in [1.165, 1.54) is 6.92 Å². The average Bonchev–Trinajstić information content (AvgIpc) is 2.90. The van der Waals surface area contributed by atoms with Crippen molar-refractivity contribution in [2.75, 3.05) is 13.2 Å². The summed E-state index contributed by atoms with van der Waals surface area (Å²) in [5.41, 5.74) is 0. The van der Waals surface area contributed by atoms with Crippen molar-refractivity contribution in [3.8, 4) is 0 Å². The molecule has 3 fully saturated rings. The molecule has 3 aliphatic rings. The lowest BCUT2D eigenvalue weighted by molar-refractivity contribution is -0.368. The third kappa shape index (κ3) is 8.96. The number of hydrogen-bond donors (Lipinski definition) is 10. The van der Waals surface area contributed by atoms with Crippen LogP contribution in [-0.2, 0) is 57.6 Å². The molecule has 0 aliphatic carbocycles. The molecular formula is C20H35NO21S2. The molecule has 3 saturated heterocycles. The molecule has 0 bridgehead atoms. The highest BCUT2D eigenvalue weighted by Gasteiger charge is 2.55. The Hall–Kier alpha value is -1.27. The fourth-order valence-corrected chi connectivity index (χ4v) is 5.89. The van der Waals surface area contributed by atoms with Gasteiger partial charge in [0.25, 0.3) is 0 Å². The smallest absolute Gasteiger partial charge is 0.394 e. The van der Waals surface area contributed by atoms with Crippen molar-refractivity contribution < 1.29 is 98.5 Å². The topological polar surface area (TPSA) is 344 Å². The quantitative estimate of drug-likeness (QED) is 0.0901. The summed E-state index contributed by atoms with van der Waals surface area (Å²) in [6.07, 6.45) is -27.0. The van der Waals surface area contributed by atoms with Gasteiger partial charge in [-0.2, -0.15) is 16.8 Å². The van der Waals surface area contributed by atoms with Crippen molar-refractivity contribution in [3.05, 3.63) is 0 Å². The molecule has 0 unspecified atom stereocenters. The molecule has 258 valence electrons. The van der Waals surface area contributed by atoms with Crippen LogP contribution in [0.1, 0.15) is 13.8 Å². The second-order valence-corrected chi connectivity index (χ2v) is 12.1. The fourth-order valence-electron chi connectivity index (χ4n) is 4.87. The van der Waals surface area contributed by atoms with E-state index >= 15 is 0 Å². The average molecular weight is 690 g/mol. The SMILES string of the molecule is CC(=O)N[C@@H]1[C@@H](O[C@@H]2O[C@@H](C)[C@@H](O)[C@@H](OS(=O)(=O)O)[C@@H]2O)[C@H](O[C@@H]2O[C@H](CO)[C@H](O)[C@H](OS(=O)(=O)O)[C@H]2O)[C@@H](CO)O[C@H]1O. The number of ether oxygens (including phenoxy) is 5. The van der Waals surface area contributed by atoms with Gasteiger partial charge in [0.15, 0.2) is 18.9 Å². The third-order valence-electron chi connectivity index (χ3n) is 6.87. The summed E-state index contributed by atoms with van der Waals surface area (Å²) in [4.78, 5) is 12.0. The molecule has 10 N–H and O–H groups in total. The maximum atomic E-state index is 12.0. The lowest BCUT2D eigenvalue weighted by atomic mass is 9.94. The van der Waals surface area contributed by atoms with Crippen LogP contribution in [-0.4, -0.2) is 173 Å². The van der Waals surface area contributed by atoms with Gasteiger partial charge < -0.3 is 64.7 Å². The number of amides is 1. The van der Waals surface area contributed by atoms with Crippen molar-refractivity contribution in [3.63, 3.8) is 0 Å². The standard InChI is InChI=1S/C20H35NO21S2/c1-5-10(25)16(41-43(30,31)32)12(27)19(36-5)40-15-9(21-6(2)24)18(29)37-8(4-23)14(15)39-20-13(28)17(42-44(33,34)35)11(26)7(3-22)38-20/h5,7-20,22-23,25-29H,3-4H2,1-2H3,(H,21,24)(H,30,31,32)(H,33,34,35)/t5-,7+,8+,9+,10+,11-,12-,13+,14+,15+,16+,17-,18+,19-,20-/m0/s1. The van der Waals surface area contributed by atoms with Gasteiger partial charge in [-0.25, -0.2) is 8.37 Å². The Labute approximate surface area is 249 Å². The zero-order valence-corrected chi connectivity index (χ0v) is 24.4. The highest BCUT2D eigenvalue weighted by atomic mass is 32.3. The van der Waals surface area contributed by atoms with Gasteiger partial charge in [0, 0.05) is 6.92 Å². The second kappa shape index (κ2) is 14.7. The van der Waals surface area contributed by atoms with Gasteiger partial charge in [-0.1, -0.05) is 0 Å². The van der Waals surface area contributed by atoms with Gasteiger partial charge in [0.05, 0.1) is 19.3 Å². The van der Waals surface area contributed by atoms with E-state index in [1.807, 2.05) is 0 Å². The highest BCUT2D eigenvalue weighted by molar-refractivity contribution is 7.81. The fraction of sp³-hybridized carbons (Fsp3) is 0.950. The monoisotopic (exact) mass is 689 g/mol. The number of aliphatic hydroxyl groups is 7. The summed E-state index contributed by atoms with van der Waals surface area (Å²) in [7, 11) is -10.6. The highest BCUT2D eigenvalue weighted by Crippen LogP contribution is 2.34. The third-order valence-corrected chi connectivity index (χ3v) is 7.80. The Morgan fingerprint density at radius 1 is 0.705 bits per heavy atom. The van der Waals surface area contributed by atoms with E-state index in [2.05, 4.69) is 13.7 Å². The molecule has 0 aromatic carbocycles. The minimum Gasteiger partial charge on any atom is -0.394 e. The Bertz CT molecular complexity index is 1190. The molecule has 0 saturated carbocycles. The van der Waals surface area contributed by atoms with Gasteiger partial charge >= 0.3 is 20.8 Å². The van der Waals surface area contributed by atoms with Gasteiger partial charge in [-0.05, 0) is 6.92 Å². The van der Waals surface area contributed by atoms with Gasteiger partial charge in [-0.3, -0.25) is 13.9 Å². The zero-order chi connectivity index (χ0) is 33.3. The van der Waals surface area contributed by atoms with Crippen LogP contribution in [0.15, 0.2) is 0 Å². The van der Waals surface area contributed by atoms with Crippen molar-refractivity contribution in [2.45, 2.75) is 106 Å². The van der Waals surface area contributed by atoms with Crippen LogP contribution in [0.25, 0.3) is 0 Å². The molecule has 0 radical (unpaired) electrons. The van der Waals surface area contributed by atoms with Crippen molar-refractivity contribution in [2.24, 2.45) is 0 Å². The lowest BCUT2D eigenvalue weighted by Gasteiger charge is -2.49. The molecule has 0 aromatic rings.